The summed E-state index contributed by atoms with van der Waals surface area (Å²) in [6.45, 7) is 1.61. The molecule has 0 saturated carbocycles. The van der Waals surface area contributed by atoms with Crippen LogP contribution in [0.5, 0.6) is 0 Å². The third-order valence-electron chi connectivity index (χ3n) is 3.85. The van der Waals surface area contributed by atoms with E-state index in [0.29, 0.717) is 0 Å². The van der Waals surface area contributed by atoms with Gasteiger partial charge in [-0.15, -0.1) is 0 Å². The van der Waals surface area contributed by atoms with E-state index in [1.54, 1.807) is 12.3 Å². The van der Waals surface area contributed by atoms with E-state index < -0.39 is 17.6 Å². The van der Waals surface area contributed by atoms with Crippen LogP contribution in [-0.4, -0.2) is 29.6 Å². The van der Waals surface area contributed by atoms with Gasteiger partial charge in [-0.25, -0.2) is 9.82 Å². The number of carbonyl (C=O) groups excluding carboxylic acids is 2. The number of amides is 2. The van der Waals surface area contributed by atoms with Crippen LogP contribution in [0.15, 0.2) is 53.6 Å². The van der Waals surface area contributed by atoms with Crippen LogP contribution in [0.1, 0.15) is 21.6 Å². The third-order valence-corrected chi connectivity index (χ3v) is 3.85. The van der Waals surface area contributed by atoms with Gasteiger partial charge < -0.3 is 10.3 Å². The van der Waals surface area contributed by atoms with E-state index in [9.17, 15) is 14.0 Å². The molecule has 0 fully saturated rings. The number of halogens is 1. The van der Waals surface area contributed by atoms with Crippen LogP contribution < -0.4 is 10.7 Å². The predicted octanol–water partition coefficient (Wildman–Crippen LogP) is 2.50. The van der Waals surface area contributed by atoms with Gasteiger partial charge in [0, 0.05) is 22.2 Å². The van der Waals surface area contributed by atoms with Gasteiger partial charge in [0.2, 0.25) is 0 Å². The Hall–Kier alpha value is -3.48. The number of nitrogens with one attached hydrogen (secondary N) is 3. The normalized spacial score (nSPS) is 11.0. The van der Waals surface area contributed by atoms with Crippen LogP contribution >= 0.6 is 0 Å². The summed E-state index contributed by atoms with van der Waals surface area (Å²) in [7, 11) is 0. The predicted molar refractivity (Wildman–Crippen MR) is 97.5 cm³/mol. The molecule has 6 nitrogen and oxygen atoms in total. The maximum atomic E-state index is 13.5. The number of rotatable bonds is 5. The van der Waals surface area contributed by atoms with E-state index in [2.05, 4.69) is 20.8 Å². The van der Waals surface area contributed by atoms with Gasteiger partial charge in [-0.1, -0.05) is 30.3 Å². The van der Waals surface area contributed by atoms with Crippen LogP contribution in [-0.2, 0) is 4.79 Å². The second-order valence-electron chi connectivity index (χ2n) is 5.66. The summed E-state index contributed by atoms with van der Waals surface area (Å²) >= 11 is 0. The minimum absolute atomic E-state index is 0.113. The van der Waals surface area contributed by atoms with Gasteiger partial charge >= 0.3 is 0 Å². The van der Waals surface area contributed by atoms with Crippen LogP contribution in [0, 0.1) is 12.7 Å². The van der Waals surface area contributed by atoms with Crippen molar-refractivity contribution >= 4 is 28.9 Å². The Morgan fingerprint density at radius 2 is 1.88 bits per heavy atom. The molecule has 0 unspecified atom stereocenters. The molecule has 0 aliphatic carbocycles. The number of aromatic amines is 1. The lowest BCUT2D eigenvalue weighted by atomic mass is 10.1. The van der Waals surface area contributed by atoms with E-state index in [1.807, 2.05) is 31.2 Å². The topological polar surface area (TPSA) is 86.3 Å². The van der Waals surface area contributed by atoms with E-state index in [4.69, 9.17) is 0 Å². The van der Waals surface area contributed by atoms with Gasteiger partial charge in [0.05, 0.1) is 18.3 Å². The van der Waals surface area contributed by atoms with Crippen molar-refractivity contribution in [2.75, 3.05) is 6.54 Å². The van der Waals surface area contributed by atoms with Crippen LogP contribution in [0.2, 0.25) is 0 Å². The first-order valence-corrected chi connectivity index (χ1v) is 7.98. The Morgan fingerprint density at radius 3 is 2.69 bits per heavy atom. The monoisotopic (exact) mass is 352 g/mol. The summed E-state index contributed by atoms with van der Waals surface area (Å²) in [6.07, 6.45) is 1.55. The molecule has 3 N–H and O–H groups in total. The summed E-state index contributed by atoms with van der Waals surface area (Å²) in [4.78, 5) is 26.9. The Labute approximate surface area is 149 Å². The molecule has 3 rings (SSSR count). The number of hydrogen-bond donors (Lipinski definition) is 3. The fourth-order valence-electron chi connectivity index (χ4n) is 2.57. The Bertz CT molecular complexity index is 994. The summed E-state index contributed by atoms with van der Waals surface area (Å²) in [6, 6.07) is 13.3. The van der Waals surface area contributed by atoms with Crippen LogP contribution in [0.25, 0.3) is 10.9 Å². The lowest BCUT2D eigenvalue weighted by molar-refractivity contribution is -0.120. The van der Waals surface area contributed by atoms with Gasteiger partial charge in [0.25, 0.3) is 11.8 Å². The highest BCUT2D eigenvalue weighted by atomic mass is 19.1. The van der Waals surface area contributed by atoms with Gasteiger partial charge in [-0.3, -0.25) is 9.59 Å². The lowest BCUT2D eigenvalue weighted by Crippen LogP contribution is -2.35. The van der Waals surface area contributed by atoms with Crippen molar-refractivity contribution in [2.24, 2.45) is 5.10 Å². The molecule has 0 saturated heterocycles. The zero-order valence-electron chi connectivity index (χ0n) is 14.0. The number of benzene rings is 2. The number of H-pyrrole nitrogens is 1. The number of aryl methyl sites for hydroxylation is 1. The molecule has 0 radical (unpaired) electrons. The molecule has 7 heteroatoms. The van der Waals surface area contributed by atoms with Crippen molar-refractivity contribution in [1.82, 2.24) is 15.7 Å². The molecular formula is C19H17FN4O2. The molecule has 0 aliphatic heterocycles. The first-order chi connectivity index (χ1) is 12.6. The first-order valence-electron chi connectivity index (χ1n) is 7.98. The highest BCUT2D eigenvalue weighted by Gasteiger charge is 2.11. The number of aromatic nitrogens is 1. The highest BCUT2D eigenvalue weighted by Crippen LogP contribution is 2.19. The van der Waals surface area contributed by atoms with Crippen LogP contribution in [0.4, 0.5) is 4.39 Å². The third kappa shape index (κ3) is 3.77. The Morgan fingerprint density at radius 1 is 1.15 bits per heavy atom. The molecule has 0 spiro atoms. The average molecular weight is 352 g/mol. The number of hydrogen-bond acceptors (Lipinski definition) is 3. The lowest BCUT2D eigenvalue weighted by Gasteiger charge is -2.05. The van der Waals surface area contributed by atoms with Crippen molar-refractivity contribution in [3.05, 3.63) is 71.2 Å². The van der Waals surface area contributed by atoms with E-state index >= 15 is 0 Å². The van der Waals surface area contributed by atoms with Crippen molar-refractivity contribution in [1.29, 1.82) is 0 Å². The molecule has 2 amide bonds. The Kier molecular flexibility index (Phi) is 5.07. The van der Waals surface area contributed by atoms with Gasteiger partial charge in [-0.05, 0) is 25.1 Å². The fraction of sp³-hybridized carbons (Fsp3) is 0.105. The largest absolute Gasteiger partial charge is 0.358 e. The quantitative estimate of drug-likeness (QED) is 0.487. The molecule has 132 valence electrons. The molecule has 0 bridgehead atoms. The minimum atomic E-state index is -0.658. The Balaban J connectivity index is 1.57. The zero-order valence-corrected chi connectivity index (χ0v) is 14.0. The molecule has 26 heavy (non-hydrogen) atoms. The standard InChI is InChI=1S/C19H17FN4O2/c1-12-15(13-6-3-5-9-17(13)23-12)10-22-24-18(25)11-21-19(26)14-7-2-4-8-16(14)20/h2-10,23H,11H2,1H3,(H,21,26)(H,24,25)/b22-10+. The van der Waals surface area contributed by atoms with Crippen molar-refractivity contribution in [3.63, 3.8) is 0 Å². The van der Waals surface area contributed by atoms with E-state index in [-0.39, 0.29) is 12.1 Å². The summed E-state index contributed by atoms with van der Waals surface area (Å²) in [5, 5.41) is 7.27. The summed E-state index contributed by atoms with van der Waals surface area (Å²) < 4.78 is 13.5. The van der Waals surface area contributed by atoms with Crippen molar-refractivity contribution in [3.8, 4) is 0 Å². The molecular weight excluding hydrogens is 335 g/mol. The molecule has 0 atom stereocenters. The average Bonchev–Trinajstić information content (AvgIpc) is 2.95. The molecule has 3 aromatic rings. The van der Waals surface area contributed by atoms with Crippen molar-refractivity contribution in [2.45, 2.75) is 6.92 Å². The zero-order chi connectivity index (χ0) is 18.5. The highest BCUT2D eigenvalue weighted by molar-refractivity contribution is 6.01. The van der Waals surface area contributed by atoms with Gasteiger partial charge in [-0.2, -0.15) is 5.10 Å². The first kappa shape index (κ1) is 17.3. The molecule has 0 aliphatic rings. The van der Waals surface area contributed by atoms with E-state index in [1.165, 1.54) is 18.2 Å². The van der Waals surface area contributed by atoms with Gasteiger partial charge in [0.1, 0.15) is 5.82 Å². The molecule has 1 aromatic heterocycles. The fourth-order valence-corrected chi connectivity index (χ4v) is 2.57. The SMILES string of the molecule is Cc1[nH]c2ccccc2c1/C=N/NC(=O)CNC(=O)c1ccccc1F. The maximum absolute atomic E-state index is 13.5. The second kappa shape index (κ2) is 7.60. The van der Waals surface area contributed by atoms with Gasteiger partial charge in [0.15, 0.2) is 0 Å². The molecule has 2 aromatic carbocycles. The van der Waals surface area contributed by atoms with E-state index in [0.717, 1.165) is 22.2 Å². The number of fused-ring (bicyclic) bond motifs is 1. The smallest absolute Gasteiger partial charge is 0.259 e. The van der Waals surface area contributed by atoms with Crippen molar-refractivity contribution < 1.29 is 14.0 Å². The second-order valence-corrected chi connectivity index (χ2v) is 5.66. The number of nitrogens with zero attached hydrogens (tertiary/aromatic N) is 1. The number of carbonyl (C=O) groups is 2. The summed E-state index contributed by atoms with van der Waals surface area (Å²) in [5.41, 5.74) is 5.01. The number of para-hydroxylation sites is 1. The minimum Gasteiger partial charge on any atom is -0.358 e. The number of hydrazone groups is 1. The molecule has 1 heterocycles. The van der Waals surface area contributed by atoms with Crippen LogP contribution in [0.3, 0.4) is 0 Å². The maximum Gasteiger partial charge on any atom is 0.259 e. The summed E-state index contributed by atoms with van der Waals surface area (Å²) in [5.74, 6) is -1.81.